The molecule has 1 N–H and O–H groups in total. The van der Waals surface area contributed by atoms with Gasteiger partial charge in [-0.05, 0) is 29.3 Å². The monoisotopic (exact) mass is 421 g/mol. The number of carbonyl (C=O) groups excluding carboxylic acids is 1. The van der Waals surface area contributed by atoms with E-state index in [4.69, 9.17) is 35.7 Å². The number of carboxylic acid groups (broad SMARTS) is 1. The quantitative estimate of drug-likeness (QED) is 0.654. The first kappa shape index (κ1) is 20.9. The van der Waals surface area contributed by atoms with Gasteiger partial charge in [0, 0.05) is 33.4 Å². The van der Waals surface area contributed by atoms with Crippen molar-refractivity contribution in [1.82, 2.24) is 4.90 Å². The summed E-state index contributed by atoms with van der Waals surface area (Å²) in [6, 6.07) is 7.83. The van der Waals surface area contributed by atoms with Gasteiger partial charge in [-0.25, -0.2) is 4.79 Å². The van der Waals surface area contributed by atoms with Crippen LogP contribution in [0.25, 0.3) is 0 Å². The number of rotatable bonds is 8. The number of carbonyl (C=O) groups is 2. The van der Waals surface area contributed by atoms with Crippen molar-refractivity contribution in [3.63, 3.8) is 0 Å². The molecule has 2 aromatic rings. The lowest BCUT2D eigenvalue weighted by Gasteiger charge is -2.19. The summed E-state index contributed by atoms with van der Waals surface area (Å²) in [5.41, 5.74) is 2.13. The summed E-state index contributed by atoms with van der Waals surface area (Å²) in [5, 5.41) is 9.40. The lowest BCUT2D eigenvalue weighted by Crippen LogP contribution is -2.26. The SMILES string of the molecule is COCOc1cc(OCOC)c(C(=O)N2Cc3ccc(C(=O)O)cc3C2)cc1Cl. The Bertz CT molecular complexity index is 931. The molecule has 0 spiro atoms. The lowest BCUT2D eigenvalue weighted by atomic mass is 10.1. The summed E-state index contributed by atoms with van der Waals surface area (Å²) in [4.78, 5) is 25.9. The molecule has 29 heavy (non-hydrogen) atoms. The Morgan fingerprint density at radius 1 is 1.00 bits per heavy atom. The average Bonchev–Trinajstić information content (AvgIpc) is 3.14. The standard InChI is InChI=1S/C20H20ClNO7/c1-26-10-28-17-7-18(29-11-27-2)16(21)6-15(17)19(23)22-8-13-4-3-12(20(24)25)5-14(13)9-22/h3-7H,8-11H2,1-2H3,(H,24,25). The van der Waals surface area contributed by atoms with Crippen molar-refractivity contribution in [2.45, 2.75) is 13.1 Å². The van der Waals surface area contributed by atoms with Gasteiger partial charge < -0.3 is 29.0 Å². The molecular weight excluding hydrogens is 402 g/mol. The van der Waals surface area contributed by atoms with Gasteiger partial charge in [0.05, 0.1) is 16.1 Å². The number of benzene rings is 2. The summed E-state index contributed by atoms with van der Waals surface area (Å²) in [7, 11) is 2.95. The maximum Gasteiger partial charge on any atom is 0.335 e. The fraction of sp³-hybridized carbons (Fsp3) is 0.300. The zero-order valence-electron chi connectivity index (χ0n) is 15.9. The van der Waals surface area contributed by atoms with Crippen molar-refractivity contribution in [3.8, 4) is 11.5 Å². The zero-order chi connectivity index (χ0) is 21.0. The van der Waals surface area contributed by atoms with Crippen LogP contribution in [0, 0.1) is 0 Å². The van der Waals surface area contributed by atoms with Crippen LogP contribution in [-0.2, 0) is 22.6 Å². The molecule has 3 rings (SSSR count). The largest absolute Gasteiger partial charge is 0.478 e. The number of hydrogen-bond donors (Lipinski definition) is 1. The highest BCUT2D eigenvalue weighted by atomic mass is 35.5. The first-order valence-electron chi connectivity index (χ1n) is 8.66. The van der Waals surface area contributed by atoms with Crippen molar-refractivity contribution < 1.29 is 33.6 Å². The van der Waals surface area contributed by atoms with Crippen LogP contribution in [0.5, 0.6) is 11.5 Å². The van der Waals surface area contributed by atoms with Crippen molar-refractivity contribution >= 4 is 23.5 Å². The Morgan fingerprint density at radius 2 is 1.66 bits per heavy atom. The molecule has 0 unspecified atom stereocenters. The number of ether oxygens (including phenoxy) is 4. The first-order chi connectivity index (χ1) is 13.9. The Morgan fingerprint density at radius 3 is 2.31 bits per heavy atom. The van der Waals surface area contributed by atoms with E-state index >= 15 is 0 Å². The van der Waals surface area contributed by atoms with Crippen LogP contribution in [0.2, 0.25) is 5.02 Å². The molecule has 1 heterocycles. The summed E-state index contributed by atoms with van der Waals surface area (Å²) < 4.78 is 20.8. The summed E-state index contributed by atoms with van der Waals surface area (Å²) in [6.07, 6.45) is 0. The Balaban J connectivity index is 1.87. The maximum atomic E-state index is 13.2. The van der Waals surface area contributed by atoms with Gasteiger partial charge in [0.2, 0.25) is 0 Å². The predicted octanol–water partition coefficient (Wildman–Crippen LogP) is 3.16. The molecule has 9 heteroatoms. The molecule has 8 nitrogen and oxygen atoms in total. The third-order valence-electron chi connectivity index (χ3n) is 4.39. The molecule has 0 fully saturated rings. The zero-order valence-corrected chi connectivity index (χ0v) is 16.7. The normalized spacial score (nSPS) is 12.6. The van der Waals surface area contributed by atoms with E-state index in [1.165, 1.54) is 32.4 Å². The fourth-order valence-corrected chi connectivity index (χ4v) is 3.24. The fourth-order valence-electron chi connectivity index (χ4n) is 3.02. The van der Waals surface area contributed by atoms with Gasteiger partial charge >= 0.3 is 5.97 Å². The van der Waals surface area contributed by atoms with Gasteiger partial charge in [-0.2, -0.15) is 0 Å². The third-order valence-corrected chi connectivity index (χ3v) is 4.69. The molecule has 0 bridgehead atoms. The van der Waals surface area contributed by atoms with Gasteiger partial charge in [-0.1, -0.05) is 17.7 Å². The highest BCUT2D eigenvalue weighted by Crippen LogP contribution is 2.35. The van der Waals surface area contributed by atoms with E-state index in [1.54, 1.807) is 17.0 Å². The molecule has 0 saturated carbocycles. The van der Waals surface area contributed by atoms with Crippen molar-refractivity contribution in [2.75, 3.05) is 27.8 Å². The predicted molar refractivity (Wildman–Crippen MR) is 103 cm³/mol. The number of nitrogens with zero attached hydrogens (tertiary/aromatic N) is 1. The smallest absolute Gasteiger partial charge is 0.335 e. The molecule has 0 saturated heterocycles. The minimum absolute atomic E-state index is 0.00985. The minimum Gasteiger partial charge on any atom is -0.478 e. The number of aromatic carboxylic acids is 1. The second-order valence-corrected chi connectivity index (χ2v) is 6.74. The van der Waals surface area contributed by atoms with Crippen LogP contribution in [-0.4, -0.2) is 49.7 Å². The number of methoxy groups -OCH3 is 2. The maximum absolute atomic E-state index is 13.2. The Labute approximate surface area is 172 Å². The molecule has 0 radical (unpaired) electrons. The lowest BCUT2D eigenvalue weighted by molar-refractivity contribution is 0.0449. The van der Waals surface area contributed by atoms with Crippen molar-refractivity contribution in [2.24, 2.45) is 0 Å². The van der Waals surface area contributed by atoms with Crippen LogP contribution < -0.4 is 9.47 Å². The van der Waals surface area contributed by atoms with Gasteiger partial charge in [-0.15, -0.1) is 0 Å². The van der Waals surface area contributed by atoms with Crippen LogP contribution >= 0.6 is 11.6 Å². The summed E-state index contributed by atoms with van der Waals surface area (Å²) in [6.45, 7) is 0.577. The van der Waals surface area contributed by atoms with Gasteiger partial charge in [0.25, 0.3) is 5.91 Å². The highest BCUT2D eigenvalue weighted by Gasteiger charge is 2.28. The molecule has 154 valence electrons. The van der Waals surface area contributed by atoms with E-state index in [0.717, 1.165) is 11.1 Å². The Kier molecular flexibility index (Phi) is 6.58. The van der Waals surface area contributed by atoms with Crippen LogP contribution in [0.4, 0.5) is 0 Å². The van der Waals surface area contributed by atoms with Crippen molar-refractivity contribution in [3.05, 3.63) is 57.6 Å². The van der Waals surface area contributed by atoms with Gasteiger partial charge in [-0.3, -0.25) is 4.79 Å². The van der Waals surface area contributed by atoms with Gasteiger partial charge in [0.1, 0.15) is 11.5 Å². The molecule has 0 atom stereocenters. The number of carboxylic acids is 1. The van der Waals surface area contributed by atoms with Gasteiger partial charge in [0.15, 0.2) is 13.6 Å². The second kappa shape index (κ2) is 9.13. The molecule has 1 aliphatic rings. The minimum atomic E-state index is -1.01. The Hall–Kier alpha value is -2.81. The highest BCUT2D eigenvalue weighted by molar-refractivity contribution is 6.32. The van der Waals surface area contributed by atoms with E-state index in [2.05, 4.69) is 0 Å². The molecule has 2 aromatic carbocycles. The average molecular weight is 422 g/mol. The molecule has 0 aliphatic carbocycles. The second-order valence-electron chi connectivity index (χ2n) is 6.33. The van der Waals surface area contributed by atoms with Crippen molar-refractivity contribution in [1.29, 1.82) is 0 Å². The van der Waals surface area contributed by atoms with Crippen LogP contribution in [0.1, 0.15) is 31.8 Å². The summed E-state index contributed by atoms with van der Waals surface area (Å²) >= 11 is 6.26. The van der Waals surface area contributed by atoms with E-state index in [-0.39, 0.29) is 41.4 Å². The van der Waals surface area contributed by atoms with E-state index < -0.39 is 5.97 Å². The van der Waals surface area contributed by atoms with E-state index in [9.17, 15) is 9.59 Å². The summed E-state index contributed by atoms with van der Waals surface area (Å²) in [5.74, 6) is -0.739. The third kappa shape index (κ3) is 4.61. The van der Waals surface area contributed by atoms with E-state index in [0.29, 0.717) is 18.8 Å². The number of hydrogen-bond acceptors (Lipinski definition) is 6. The molecular formula is C20H20ClNO7. The molecule has 0 aromatic heterocycles. The topological polar surface area (TPSA) is 94.5 Å². The molecule has 1 amide bonds. The number of fused-ring (bicyclic) bond motifs is 1. The number of halogens is 1. The molecule has 1 aliphatic heterocycles. The number of amides is 1. The van der Waals surface area contributed by atoms with E-state index in [1.807, 2.05) is 0 Å². The van der Waals surface area contributed by atoms with Crippen LogP contribution in [0.3, 0.4) is 0 Å². The first-order valence-corrected chi connectivity index (χ1v) is 9.03. The van der Waals surface area contributed by atoms with Crippen LogP contribution in [0.15, 0.2) is 30.3 Å².